The Morgan fingerprint density at radius 2 is 1.86 bits per heavy atom. The Labute approximate surface area is 170 Å². The fourth-order valence-corrected chi connectivity index (χ4v) is 6.02. The molecule has 6 heteroatoms. The molecule has 0 saturated carbocycles. The van der Waals surface area contributed by atoms with Crippen molar-refractivity contribution in [3.63, 3.8) is 0 Å². The van der Waals surface area contributed by atoms with Gasteiger partial charge in [-0.25, -0.2) is 0 Å². The van der Waals surface area contributed by atoms with Crippen molar-refractivity contribution in [3.8, 4) is 11.8 Å². The Kier molecular flexibility index (Phi) is 4.40. The molecule has 0 spiro atoms. The van der Waals surface area contributed by atoms with E-state index >= 15 is 0 Å². The van der Waals surface area contributed by atoms with Crippen LogP contribution in [-0.2, 0) is 21.1 Å². The first-order valence-corrected chi connectivity index (χ1v) is 11.0. The van der Waals surface area contributed by atoms with Gasteiger partial charge in [-0.3, -0.25) is 9.20 Å². The number of nitrogens with zero attached hydrogens (tertiary/aromatic N) is 1. The Bertz CT molecular complexity index is 1250. The zero-order valence-electron chi connectivity index (χ0n) is 15.9. The van der Waals surface area contributed by atoms with Gasteiger partial charge < -0.3 is 10.5 Å². The highest BCUT2D eigenvalue weighted by atomic mass is 32.2. The van der Waals surface area contributed by atoms with Gasteiger partial charge in [0.15, 0.2) is 4.75 Å². The Balaban J connectivity index is 1.90. The highest BCUT2D eigenvalue weighted by Gasteiger charge is 2.46. The van der Waals surface area contributed by atoms with Crippen LogP contribution < -0.4 is 5.73 Å². The monoisotopic (exact) mass is 408 g/mol. The van der Waals surface area contributed by atoms with E-state index in [2.05, 4.69) is 41.1 Å². The Morgan fingerprint density at radius 1 is 1.18 bits per heavy atom. The molecule has 1 aliphatic heterocycles. The Hall–Kier alpha value is -2.49. The largest absolute Gasteiger partial charge is 0.386 e. The van der Waals surface area contributed by atoms with Crippen molar-refractivity contribution in [3.05, 3.63) is 47.5 Å². The number of amidine groups is 1. The van der Waals surface area contributed by atoms with Crippen LogP contribution in [-0.4, -0.2) is 26.8 Å². The predicted molar refractivity (Wildman–Crippen MR) is 118 cm³/mol. The molecule has 0 amide bonds. The molecule has 28 heavy (non-hydrogen) atoms. The minimum atomic E-state index is -1.44. The zero-order valence-corrected chi connectivity index (χ0v) is 17.5. The van der Waals surface area contributed by atoms with E-state index in [9.17, 15) is 9.00 Å². The standard InChI is InChI=1S/C22H20N2O2S2/c1-4-5-14-6-8-18-16(10-14)17-11-15(7-9-19(17)27-18)21(2)13-28(26)22(3,12-25)20(23)24-21/h6-12H,13H2,1-3H3,(H2,23,24)/t21-,22?,28?/m0/s1. The lowest BCUT2D eigenvalue weighted by Gasteiger charge is -2.36. The lowest BCUT2D eigenvalue weighted by Crippen LogP contribution is -2.54. The molecule has 2 unspecified atom stereocenters. The summed E-state index contributed by atoms with van der Waals surface area (Å²) in [6.45, 7) is 5.33. The van der Waals surface area contributed by atoms with Gasteiger partial charge in [-0.15, -0.1) is 17.3 Å². The second kappa shape index (κ2) is 6.54. The number of aliphatic imine (C=N–C) groups is 1. The topological polar surface area (TPSA) is 72.5 Å². The summed E-state index contributed by atoms with van der Waals surface area (Å²) >= 11 is 1.73. The van der Waals surface area contributed by atoms with Crippen LogP contribution in [0.4, 0.5) is 0 Å². The van der Waals surface area contributed by atoms with Crippen LogP contribution in [0, 0.1) is 11.8 Å². The van der Waals surface area contributed by atoms with Crippen molar-refractivity contribution in [2.45, 2.75) is 31.1 Å². The van der Waals surface area contributed by atoms with Crippen LogP contribution in [0.3, 0.4) is 0 Å². The van der Waals surface area contributed by atoms with E-state index < -0.39 is 21.1 Å². The summed E-state index contributed by atoms with van der Waals surface area (Å²) in [4.78, 5) is 16.1. The summed E-state index contributed by atoms with van der Waals surface area (Å²) in [5, 5.41) is 2.28. The predicted octanol–water partition coefficient (Wildman–Crippen LogP) is 3.72. The molecular weight excluding hydrogens is 388 g/mol. The maximum atomic E-state index is 12.8. The first kappa shape index (κ1) is 18.9. The number of thiophene rings is 1. The summed E-state index contributed by atoms with van der Waals surface area (Å²) in [5.41, 5.74) is 7.26. The number of hydrogen-bond donors (Lipinski definition) is 1. The van der Waals surface area contributed by atoms with E-state index in [4.69, 9.17) is 5.73 Å². The van der Waals surface area contributed by atoms with Gasteiger partial charge in [0.2, 0.25) is 0 Å². The fraction of sp³-hybridized carbons (Fsp3) is 0.273. The van der Waals surface area contributed by atoms with Gasteiger partial charge in [-0.1, -0.05) is 12.0 Å². The molecule has 1 aliphatic rings. The number of aldehydes is 1. The number of carbonyl (C=O) groups excluding carboxylic acids is 1. The average Bonchev–Trinajstić information content (AvgIpc) is 3.03. The first-order valence-electron chi connectivity index (χ1n) is 8.91. The second-order valence-electron chi connectivity index (χ2n) is 7.38. The van der Waals surface area contributed by atoms with Crippen LogP contribution >= 0.6 is 11.3 Å². The van der Waals surface area contributed by atoms with Crippen molar-refractivity contribution in [2.24, 2.45) is 10.7 Å². The van der Waals surface area contributed by atoms with Crippen molar-refractivity contribution >= 4 is 54.4 Å². The maximum absolute atomic E-state index is 12.8. The Morgan fingerprint density at radius 3 is 2.50 bits per heavy atom. The van der Waals surface area contributed by atoms with Crippen LogP contribution in [0.15, 0.2) is 41.4 Å². The summed E-state index contributed by atoms with van der Waals surface area (Å²) in [7, 11) is -1.44. The highest BCUT2D eigenvalue weighted by molar-refractivity contribution is 7.88. The smallest absolute Gasteiger partial charge is 0.155 e. The molecule has 4 rings (SSSR count). The molecule has 4 nitrogen and oxygen atoms in total. The van der Waals surface area contributed by atoms with E-state index in [1.807, 2.05) is 26.0 Å². The van der Waals surface area contributed by atoms with Crippen LogP contribution in [0.5, 0.6) is 0 Å². The van der Waals surface area contributed by atoms with E-state index in [0.717, 1.165) is 21.9 Å². The molecule has 0 fully saturated rings. The van der Waals surface area contributed by atoms with Gasteiger partial charge in [0.05, 0.1) is 11.3 Å². The second-order valence-corrected chi connectivity index (χ2v) is 10.3. The molecule has 0 radical (unpaired) electrons. The molecule has 1 aromatic heterocycles. The molecule has 3 atom stereocenters. The van der Waals surface area contributed by atoms with Gasteiger partial charge in [0, 0.05) is 36.5 Å². The third-order valence-corrected chi connectivity index (χ3v) is 8.57. The van der Waals surface area contributed by atoms with Crippen molar-refractivity contribution < 1.29 is 9.00 Å². The quantitative estimate of drug-likeness (QED) is 0.519. The summed E-state index contributed by atoms with van der Waals surface area (Å²) in [6.07, 6.45) is 0.646. The number of fused-ring (bicyclic) bond motifs is 3. The molecule has 142 valence electrons. The van der Waals surface area contributed by atoms with Crippen molar-refractivity contribution in [1.82, 2.24) is 0 Å². The number of carbonyl (C=O) groups is 1. The first-order chi connectivity index (χ1) is 13.3. The molecule has 0 bridgehead atoms. The number of nitrogens with two attached hydrogens (primary N) is 1. The SMILES string of the molecule is CC#Cc1ccc2sc3ccc([C@]4(C)CS(=O)C(C)(C=O)C(N)=N4)cc3c2c1. The van der Waals surface area contributed by atoms with Crippen LogP contribution in [0.25, 0.3) is 20.2 Å². The normalized spacial score (nSPS) is 27.2. The summed E-state index contributed by atoms with van der Waals surface area (Å²) in [6, 6.07) is 12.4. The molecule has 2 heterocycles. The summed E-state index contributed by atoms with van der Waals surface area (Å²) < 4.78 is 14.0. The zero-order chi connectivity index (χ0) is 20.1. The third-order valence-electron chi connectivity index (χ3n) is 5.35. The number of benzene rings is 2. The van der Waals surface area contributed by atoms with E-state index in [1.165, 1.54) is 9.40 Å². The lowest BCUT2D eigenvalue weighted by molar-refractivity contribution is -0.108. The van der Waals surface area contributed by atoms with E-state index in [0.29, 0.717) is 6.29 Å². The third kappa shape index (κ3) is 2.78. The molecule has 2 aromatic carbocycles. The van der Waals surface area contributed by atoms with Crippen molar-refractivity contribution in [1.29, 1.82) is 0 Å². The molecular formula is C22H20N2O2S2. The molecule has 0 aliphatic carbocycles. The van der Waals surface area contributed by atoms with Crippen LogP contribution in [0.2, 0.25) is 0 Å². The molecule has 2 N–H and O–H groups in total. The maximum Gasteiger partial charge on any atom is 0.155 e. The van der Waals surface area contributed by atoms with Gasteiger partial charge in [0.25, 0.3) is 0 Å². The minimum Gasteiger partial charge on any atom is -0.386 e. The number of rotatable bonds is 2. The van der Waals surface area contributed by atoms with Crippen molar-refractivity contribution in [2.75, 3.05) is 5.75 Å². The van der Waals surface area contributed by atoms with E-state index in [-0.39, 0.29) is 11.6 Å². The molecule has 3 aromatic rings. The van der Waals surface area contributed by atoms with Gasteiger partial charge >= 0.3 is 0 Å². The van der Waals surface area contributed by atoms with Gasteiger partial charge in [-0.05, 0) is 56.7 Å². The highest BCUT2D eigenvalue weighted by Crippen LogP contribution is 2.39. The average molecular weight is 409 g/mol. The summed E-state index contributed by atoms with van der Waals surface area (Å²) in [5.74, 6) is 6.43. The lowest BCUT2D eigenvalue weighted by atomic mass is 9.92. The number of hydrogen-bond acceptors (Lipinski definition) is 5. The van der Waals surface area contributed by atoms with Gasteiger partial charge in [-0.2, -0.15) is 0 Å². The van der Waals surface area contributed by atoms with Gasteiger partial charge in [0.1, 0.15) is 12.1 Å². The minimum absolute atomic E-state index is 0.130. The molecule has 0 saturated heterocycles. The fourth-order valence-electron chi connectivity index (χ4n) is 3.53. The van der Waals surface area contributed by atoms with E-state index in [1.54, 1.807) is 18.3 Å². The van der Waals surface area contributed by atoms with Crippen LogP contribution in [0.1, 0.15) is 31.9 Å².